The van der Waals surface area contributed by atoms with E-state index in [4.69, 9.17) is 4.74 Å². The summed E-state index contributed by atoms with van der Waals surface area (Å²) in [6.07, 6.45) is 2.49. The number of nitrogens with zero attached hydrogens (tertiary/aromatic N) is 1. The number of hydrogen-bond acceptors (Lipinski definition) is 3. The van der Waals surface area contributed by atoms with Crippen LogP contribution in [-0.4, -0.2) is 12.0 Å². The number of benzene rings is 2. The summed E-state index contributed by atoms with van der Waals surface area (Å²) in [4.78, 5) is 12.5. The molecule has 1 atom stereocenters. The van der Waals surface area contributed by atoms with Crippen molar-refractivity contribution in [3.05, 3.63) is 64.7 Å². The number of para-hydroxylation sites is 1. The molecule has 1 N–H and O–H groups in total. The summed E-state index contributed by atoms with van der Waals surface area (Å²) in [5.74, 6) is 0.225. The molecule has 0 aliphatic rings. The van der Waals surface area contributed by atoms with E-state index in [2.05, 4.69) is 5.32 Å². The van der Waals surface area contributed by atoms with Crippen LogP contribution in [0.25, 0.3) is 6.08 Å². The second-order valence-corrected chi connectivity index (χ2v) is 6.30. The van der Waals surface area contributed by atoms with Gasteiger partial charge in [0, 0.05) is 11.3 Å². The summed E-state index contributed by atoms with van der Waals surface area (Å²) < 4.78 is 5.88. The highest BCUT2D eigenvalue weighted by Gasteiger charge is 2.12. The van der Waals surface area contributed by atoms with Crippen molar-refractivity contribution in [2.24, 2.45) is 0 Å². The van der Waals surface area contributed by atoms with Crippen LogP contribution in [-0.2, 0) is 4.79 Å². The number of rotatable bonds is 6. The molecule has 0 saturated carbocycles. The van der Waals surface area contributed by atoms with Gasteiger partial charge in [0.05, 0.1) is 6.10 Å². The summed E-state index contributed by atoms with van der Waals surface area (Å²) in [7, 11) is 0. The third kappa shape index (κ3) is 4.97. The van der Waals surface area contributed by atoms with Crippen molar-refractivity contribution in [1.29, 1.82) is 5.26 Å². The maximum absolute atomic E-state index is 12.5. The molecular formula is C22H24N2O2. The fraction of sp³-hybridized carbons (Fsp3) is 0.273. The number of aryl methyl sites for hydroxylation is 2. The minimum atomic E-state index is -0.436. The molecule has 0 fully saturated rings. The third-order valence-electron chi connectivity index (χ3n) is 4.25. The molecule has 0 radical (unpaired) electrons. The van der Waals surface area contributed by atoms with Crippen molar-refractivity contribution in [3.63, 3.8) is 0 Å². The van der Waals surface area contributed by atoms with Crippen molar-refractivity contribution in [1.82, 2.24) is 0 Å². The van der Waals surface area contributed by atoms with Crippen LogP contribution in [0.4, 0.5) is 5.69 Å². The number of hydrogen-bond donors (Lipinski definition) is 1. The predicted molar refractivity (Wildman–Crippen MR) is 105 cm³/mol. The van der Waals surface area contributed by atoms with Gasteiger partial charge in [-0.2, -0.15) is 5.26 Å². The number of carbonyl (C=O) groups is 1. The Kier molecular flexibility index (Phi) is 6.57. The third-order valence-corrected chi connectivity index (χ3v) is 4.25. The van der Waals surface area contributed by atoms with E-state index in [1.54, 1.807) is 6.08 Å². The smallest absolute Gasteiger partial charge is 0.266 e. The number of nitriles is 1. The van der Waals surface area contributed by atoms with E-state index >= 15 is 0 Å². The van der Waals surface area contributed by atoms with Crippen LogP contribution in [0.2, 0.25) is 0 Å². The molecule has 2 aromatic rings. The zero-order valence-electron chi connectivity index (χ0n) is 15.7. The highest BCUT2D eigenvalue weighted by molar-refractivity contribution is 6.09. The lowest BCUT2D eigenvalue weighted by Crippen LogP contribution is -2.14. The molecular weight excluding hydrogens is 324 g/mol. The molecule has 0 aromatic heterocycles. The Balaban J connectivity index is 2.26. The first kappa shape index (κ1) is 19.3. The number of carbonyl (C=O) groups excluding carboxylic acids is 1. The maximum atomic E-state index is 12.5. The summed E-state index contributed by atoms with van der Waals surface area (Å²) >= 11 is 0. The molecule has 2 rings (SSSR count). The van der Waals surface area contributed by atoms with E-state index in [1.165, 1.54) is 0 Å². The van der Waals surface area contributed by atoms with Crippen LogP contribution in [0.15, 0.2) is 48.0 Å². The summed E-state index contributed by atoms with van der Waals surface area (Å²) in [6, 6.07) is 15.0. The Morgan fingerprint density at radius 3 is 2.62 bits per heavy atom. The minimum Gasteiger partial charge on any atom is -0.490 e. The second-order valence-electron chi connectivity index (χ2n) is 6.30. The average Bonchev–Trinajstić information content (AvgIpc) is 2.63. The van der Waals surface area contributed by atoms with Crippen LogP contribution in [0.3, 0.4) is 0 Å². The van der Waals surface area contributed by atoms with Crippen LogP contribution in [0.5, 0.6) is 5.75 Å². The van der Waals surface area contributed by atoms with Gasteiger partial charge in [0.15, 0.2) is 0 Å². The standard InChI is InChI=1S/C22H24N2O2/c1-5-17(4)26-21-9-7-6-8-18(21)13-19(14-23)22(25)24-20-11-10-15(2)16(3)12-20/h6-13,17H,5H2,1-4H3,(H,24,25)/b19-13+/t17-/m1/s1. The van der Waals surface area contributed by atoms with Gasteiger partial charge in [-0.25, -0.2) is 0 Å². The average molecular weight is 348 g/mol. The molecule has 2 aromatic carbocycles. The lowest BCUT2D eigenvalue weighted by atomic mass is 10.1. The Bertz CT molecular complexity index is 863. The van der Waals surface area contributed by atoms with E-state index in [0.717, 1.165) is 17.5 Å². The topological polar surface area (TPSA) is 62.1 Å². The molecule has 0 heterocycles. The highest BCUT2D eigenvalue weighted by atomic mass is 16.5. The lowest BCUT2D eigenvalue weighted by Gasteiger charge is -2.14. The molecule has 26 heavy (non-hydrogen) atoms. The Morgan fingerprint density at radius 1 is 1.23 bits per heavy atom. The first-order chi connectivity index (χ1) is 12.4. The van der Waals surface area contributed by atoms with Crippen molar-refractivity contribution in [3.8, 4) is 11.8 Å². The molecule has 0 unspecified atom stereocenters. The summed E-state index contributed by atoms with van der Waals surface area (Å²) in [6.45, 7) is 8.02. The van der Waals surface area contributed by atoms with Crippen LogP contribution in [0, 0.1) is 25.2 Å². The fourth-order valence-corrected chi connectivity index (χ4v) is 2.33. The summed E-state index contributed by atoms with van der Waals surface area (Å²) in [5.41, 5.74) is 3.64. The van der Waals surface area contributed by atoms with Gasteiger partial charge in [-0.1, -0.05) is 31.2 Å². The summed E-state index contributed by atoms with van der Waals surface area (Å²) in [5, 5.41) is 12.2. The first-order valence-corrected chi connectivity index (χ1v) is 8.70. The SMILES string of the molecule is CC[C@@H](C)Oc1ccccc1/C=C(\C#N)C(=O)Nc1ccc(C)c(C)c1. The minimum absolute atomic E-state index is 0.0310. The van der Waals surface area contributed by atoms with E-state index in [9.17, 15) is 10.1 Å². The van der Waals surface area contributed by atoms with Gasteiger partial charge in [-0.3, -0.25) is 4.79 Å². The second kappa shape index (κ2) is 8.87. The maximum Gasteiger partial charge on any atom is 0.266 e. The van der Waals surface area contributed by atoms with E-state index < -0.39 is 5.91 Å². The quantitative estimate of drug-likeness (QED) is 0.588. The Labute approximate surface area is 155 Å². The van der Waals surface area contributed by atoms with Crippen molar-refractivity contribution in [2.45, 2.75) is 40.2 Å². The van der Waals surface area contributed by atoms with Gasteiger partial charge in [0.2, 0.25) is 0 Å². The number of amides is 1. The fourth-order valence-electron chi connectivity index (χ4n) is 2.33. The molecule has 1 amide bonds. The lowest BCUT2D eigenvalue weighted by molar-refractivity contribution is -0.112. The highest BCUT2D eigenvalue weighted by Crippen LogP contribution is 2.23. The van der Waals surface area contributed by atoms with Crippen LogP contribution < -0.4 is 10.1 Å². The number of nitrogens with one attached hydrogen (secondary N) is 1. The van der Waals surface area contributed by atoms with Gasteiger partial charge in [-0.05, 0) is 62.6 Å². The molecule has 4 heteroatoms. The number of ether oxygens (including phenoxy) is 1. The van der Waals surface area contributed by atoms with Gasteiger partial charge >= 0.3 is 0 Å². The van der Waals surface area contributed by atoms with Crippen molar-refractivity contribution >= 4 is 17.7 Å². The van der Waals surface area contributed by atoms with Gasteiger partial charge < -0.3 is 10.1 Å². The number of anilines is 1. The Hall–Kier alpha value is -3.06. The van der Waals surface area contributed by atoms with Crippen LogP contribution in [0.1, 0.15) is 37.0 Å². The van der Waals surface area contributed by atoms with E-state index in [0.29, 0.717) is 17.0 Å². The van der Waals surface area contributed by atoms with Crippen molar-refractivity contribution < 1.29 is 9.53 Å². The van der Waals surface area contributed by atoms with E-state index in [1.807, 2.05) is 76.2 Å². The molecule has 0 bridgehead atoms. The molecule has 0 saturated heterocycles. The molecule has 4 nitrogen and oxygen atoms in total. The zero-order valence-corrected chi connectivity index (χ0v) is 15.7. The normalized spacial score (nSPS) is 12.2. The van der Waals surface area contributed by atoms with Gasteiger partial charge in [0.25, 0.3) is 5.91 Å². The molecule has 134 valence electrons. The molecule has 0 aliphatic carbocycles. The monoisotopic (exact) mass is 348 g/mol. The van der Waals surface area contributed by atoms with E-state index in [-0.39, 0.29) is 11.7 Å². The molecule has 0 spiro atoms. The first-order valence-electron chi connectivity index (χ1n) is 8.70. The Morgan fingerprint density at radius 2 is 1.96 bits per heavy atom. The van der Waals surface area contributed by atoms with Gasteiger partial charge in [0.1, 0.15) is 17.4 Å². The molecule has 0 aliphatic heterocycles. The van der Waals surface area contributed by atoms with Crippen LogP contribution >= 0.6 is 0 Å². The largest absolute Gasteiger partial charge is 0.490 e. The van der Waals surface area contributed by atoms with Gasteiger partial charge in [-0.15, -0.1) is 0 Å². The predicted octanol–water partition coefficient (Wildman–Crippen LogP) is 5.03. The van der Waals surface area contributed by atoms with Crippen molar-refractivity contribution in [2.75, 3.05) is 5.32 Å². The zero-order chi connectivity index (χ0) is 19.1.